The smallest absolute Gasteiger partial charge is 0.356 e. The van der Waals surface area contributed by atoms with Gasteiger partial charge in [0, 0.05) is 30.5 Å². The summed E-state index contributed by atoms with van der Waals surface area (Å²) < 4.78 is 6.66. The Morgan fingerprint density at radius 1 is 1.33 bits per heavy atom. The van der Waals surface area contributed by atoms with Crippen LogP contribution in [0.25, 0.3) is 0 Å². The average Bonchev–Trinajstić information content (AvgIpc) is 2.89. The first-order valence-electron chi connectivity index (χ1n) is 7.82. The average molecular weight is 345 g/mol. The number of carbonyl (C=O) groups is 2. The van der Waals surface area contributed by atoms with Gasteiger partial charge < -0.3 is 9.64 Å². The summed E-state index contributed by atoms with van der Waals surface area (Å²) in [5, 5.41) is 4.40. The van der Waals surface area contributed by atoms with Gasteiger partial charge in [0.05, 0.1) is 24.4 Å². The zero-order valence-electron chi connectivity index (χ0n) is 13.7. The molecule has 2 aromatic rings. The zero-order valence-corrected chi connectivity index (χ0v) is 14.5. The molecule has 7 heteroatoms. The van der Waals surface area contributed by atoms with Crippen molar-refractivity contribution >= 4 is 24.5 Å². The maximum absolute atomic E-state index is 12.8. The fourth-order valence-corrected chi connectivity index (χ4v) is 3.21. The van der Waals surface area contributed by atoms with Gasteiger partial charge in [-0.15, -0.1) is 12.6 Å². The van der Waals surface area contributed by atoms with E-state index >= 15 is 0 Å². The highest BCUT2D eigenvalue weighted by Crippen LogP contribution is 2.25. The maximum atomic E-state index is 12.8. The molecular formula is C17H19N3O3S. The topological polar surface area (TPSA) is 64.4 Å². The number of carbonyl (C=O) groups excluding carboxylic acids is 2. The molecule has 2 heterocycles. The van der Waals surface area contributed by atoms with Crippen LogP contribution in [0.15, 0.2) is 29.2 Å². The number of aryl methyl sites for hydroxylation is 1. The van der Waals surface area contributed by atoms with Crippen molar-refractivity contribution < 1.29 is 14.3 Å². The van der Waals surface area contributed by atoms with E-state index in [9.17, 15) is 9.59 Å². The van der Waals surface area contributed by atoms with Crippen molar-refractivity contribution in [3.8, 4) is 0 Å². The van der Waals surface area contributed by atoms with E-state index in [1.54, 1.807) is 35.7 Å². The summed E-state index contributed by atoms with van der Waals surface area (Å²) in [6.45, 7) is 2.97. The van der Waals surface area contributed by atoms with Gasteiger partial charge in [0.25, 0.3) is 5.91 Å². The van der Waals surface area contributed by atoms with E-state index in [1.807, 2.05) is 12.1 Å². The van der Waals surface area contributed by atoms with Crippen molar-refractivity contribution in [2.24, 2.45) is 7.05 Å². The third-order valence-corrected chi connectivity index (χ3v) is 4.48. The number of hydrogen-bond acceptors (Lipinski definition) is 5. The third-order valence-electron chi connectivity index (χ3n) is 4.09. The van der Waals surface area contributed by atoms with Crippen LogP contribution in [0, 0.1) is 0 Å². The summed E-state index contributed by atoms with van der Waals surface area (Å²) in [5.74, 6) is -0.498. The first-order valence-corrected chi connectivity index (χ1v) is 8.26. The number of nitrogens with zero attached hydrogens (tertiary/aromatic N) is 3. The predicted octanol–water partition coefficient (Wildman–Crippen LogP) is 2.08. The molecule has 0 N–H and O–H groups in total. The van der Waals surface area contributed by atoms with Crippen molar-refractivity contribution in [3.05, 3.63) is 46.8 Å². The molecule has 0 aliphatic carbocycles. The van der Waals surface area contributed by atoms with Crippen molar-refractivity contribution in [3.63, 3.8) is 0 Å². The van der Waals surface area contributed by atoms with E-state index in [2.05, 4.69) is 17.7 Å². The maximum Gasteiger partial charge on any atom is 0.356 e. The Labute approximate surface area is 145 Å². The lowest BCUT2D eigenvalue weighted by Gasteiger charge is -2.27. The Balaban J connectivity index is 1.90. The first-order chi connectivity index (χ1) is 11.5. The van der Waals surface area contributed by atoms with E-state index < -0.39 is 5.97 Å². The number of esters is 1. The molecule has 0 spiro atoms. The van der Waals surface area contributed by atoms with Gasteiger partial charge in [0.15, 0.2) is 5.69 Å². The van der Waals surface area contributed by atoms with Gasteiger partial charge in [-0.25, -0.2) is 4.79 Å². The summed E-state index contributed by atoms with van der Waals surface area (Å²) in [5.41, 5.74) is 2.60. The summed E-state index contributed by atoms with van der Waals surface area (Å²) in [4.78, 5) is 27.3. The fourth-order valence-electron chi connectivity index (χ4n) is 2.95. The zero-order chi connectivity index (χ0) is 17.3. The van der Waals surface area contributed by atoms with Crippen LogP contribution >= 0.6 is 12.6 Å². The van der Waals surface area contributed by atoms with E-state index in [0.29, 0.717) is 42.3 Å². The Morgan fingerprint density at radius 3 is 2.79 bits per heavy atom. The molecule has 0 saturated carbocycles. The molecule has 0 bridgehead atoms. The van der Waals surface area contributed by atoms with Crippen LogP contribution < -0.4 is 0 Å². The van der Waals surface area contributed by atoms with Crippen LogP contribution in [-0.2, 0) is 24.8 Å². The van der Waals surface area contributed by atoms with Crippen LogP contribution in [-0.4, -0.2) is 39.7 Å². The number of ether oxygens (including phenoxy) is 1. The molecule has 24 heavy (non-hydrogen) atoms. The molecule has 3 rings (SSSR count). The van der Waals surface area contributed by atoms with E-state index in [4.69, 9.17) is 4.74 Å². The molecule has 0 unspecified atom stereocenters. The Hall–Kier alpha value is -2.28. The largest absolute Gasteiger partial charge is 0.461 e. The molecule has 0 fully saturated rings. The fraction of sp³-hybridized carbons (Fsp3) is 0.353. The summed E-state index contributed by atoms with van der Waals surface area (Å²) in [7, 11) is 1.72. The minimum atomic E-state index is -0.405. The second-order valence-electron chi connectivity index (χ2n) is 5.61. The third kappa shape index (κ3) is 2.91. The van der Waals surface area contributed by atoms with Crippen LogP contribution in [0.1, 0.15) is 39.0 Å². The van der Waals surface area contributed by atoms with Gasteiger partial charge in [-0.2, -0.15) is 5.10 Å². The monoisotopic (exact) mass is 345 g/mol. The van der Waals surface area contributed by atoms with Gasteiger partial charge in [-0.3, -0.25) is 9.48 Å². The number of hydrogen-bond donors (Lipinski definition) is 1. The molecule has 0 atom stereocenters. The summed E-state index contributed by atoms with van der Waals surface area (Å²) in [6, 6.07) is 7.21. The number of rotatable bonds is 3. The highest BCUT2D eigenvalue weighted by atomic mass is 32.1. The molecule has 0 saturated heterocycles. The van der Waals surface area contributed by atoms with Crippen molar-refractivity contribution in [1.82, 2.24) is 14.7 Å². The summed E-state index contributed by atoms with van der Waals surface area (Å²) in [6.07, 6.45) is 0.614. The predicted molar refractivity (Wildman–Crippen MR) is 91.3 cm³/mol. The molecule has 6 nitrogen and oxygen atoms in total. The van der Waals surface area contributed by atoms with Gasteiger partial charge >= 0.3 is 5.97 Å². The Bertz CT molecular complexity index is 800. The molecule has 1 amide bonds. The summed E-state index contributed by atoms with van der Waals surface area (Å²) >= 11 is 4.36. The van der Waals surface area contributed by atoms with Gasteiger partial charge in [0.1, 0.15) is 0 Å². The highest BCUT2D eigenvalue weighted by molar-refractivity contribution is 7.80. The van der Waals surface area contributed by atoms with Crippen molar-refractivity contribution in [2.45, 2.75) is 24.8 Å². The second kappa shape index (κ2) is 6.68. The SMILES string of the molecule is CCOC(=O)c1c2c(nn1C)CCN(C(=O)c1ccccc1S)C2. The molecule has 126 valence electrons. The normalized spacial score (nSPS) is 13.5. The first kappa shape index (κ1) is 16.6. The number of thiol groups is 1. The quantitative estimate of drug-likeness (QED) is 0.683. The Kier molecular flexibility index (Phi) is 4.62. The van der Waals surface area contributed by atoms with Gasteiger partial charge in [0.2, 0.25) is 0 Å². The molecule has 1 aliphatic heterocycles. The van der Waals surface area contributed by atoms with E-state index in [0.717, 1.165) is 11.3 Å². The van der Waals surface area contributed by atoms with Crippen LogP contribution in [0.4, 0.5) is 0 Å². The minimum Gasteiger partial charge on any atom is -0.461 e. The van der Waals surface area contributed by atoms with Crippen LogP contribution in [0.5, 0.6) is 0 Å². The number of amides is 1. The Morgan fingerprint density at radius 2 is 2.08 bits per heavy atom. The minimum absolute atomic E-state index is 0.0927. The lowest BCUT2D eigenvalue weighted by atomic mass is 10.0. The molecular weight excluding hydrogens is 326 g/mol. The molecule has 1 aromatic carbocycles. The number of aromatic nitrogens is 2. The number of fused-ring (bicyclic) bond motifs is 1. The van der Waals surface area contributed by atoms with Crippen molar-refractivity contribution in [1.29, 1.82) is 0 Å². The van der Waals surface area contributed by atoms with Crippen molar-refractivity contribution in [2.75, 3.05) is 13.2 Å². The molecule has 1 aliphatic rings. The van der Waals surface area contributed by atoms with E-state index in [-0.39, 0.29) is 5.91 Å². The standard InChI is InChI=1S/C17H19N3O3S/c1-3-23-17(22)15-12-10-20(9-8-13(12)18-19(15)2)16(21)11-6-4-5-7-14(11)24/h4-7,24H,3,8-10H2,1-2H3. The molecule has 1 aromatic heterocycles. The van der Waals surface area contributed by atoms with E-state index in [1.165, 1.54) is 0 Å². The van der Waals surface area contributed by atoms with Crippen LogP contribution in [0.3, 0.4) is 0 Å². The van der Waals surface area contributed by atoms with Crippen LogP contribution in [0.2, 0.25) is 0 Å². The highest BCUT2D eigenvalue weighted by Gasteiger charge is 2.30. The lowest BCUT2D eigenvalue weighted by Crippen LogP contribution is -2.36. The second-order valence-corrected chi connectivity index (χ2v) is 6.09. The molecule has 0 radical (unpaired) electrons. The lowest BCUT2D eigenvalue weighted by molar-refractivity contribution is 0.0508. The number of benzene rings is 1. The van der Waals surface area contributed by atoms with Gasteiger partial charge in [-0.05, 0) is 19.1 Å². The van der Waals surface area contributed by atoms with Gasteiger partial charge in [-0.1, -0.05) is 12.1 Å².